The first-order chi connectivity index (χ1) is 18.7. The van der Waals surface area contributed by atoms with Gasteiger partial charge in [0, 0.05) is 0 Å². The fourth-order valence-corrected chi connectivity index (χ4v) is 12.0. The zero-order valence-electron chi connectivity index (χ0n) is 24.8. The molecule has 214 valence electrons. The lowest BCUT2D eigenvalue weighted by Crippen LogP contribution is -2.43. The van der Waals surface area contributed by atoms with Crippen LogP contribution in [-0.2, 0) is 19.1 Å². The second kappa shape index (κ2) is 9.21. The zero-order valence-corrected chi connectivity index (χ0v) is 24.8. The number of unbranched alkanes of at least 4 members (excludes halogenated alkanes) is 1. The molecule has 0 radical (unpaired) electrons. The SMILES string of the molecule is CC(C)OC(=O)C1(C)CC2CC1C1C3C=CC(C3)C21.CCCCOC(=O)C1(C)CC2CC1C1C3C=CC(C3)C21. The van der Waals surface area contributed by atoms with E-state index in [1.165, 1.54) is 25.7 Å². The van der Waals surface area contributed by atoms with Crippen molar-refractivity contribution in [3.8, 4) is 0 Å². The number of hydrogen-bond acceptors (Lipinski definition) is 4. The summed E-state index contributed by atoms with van der Waals surface area (Å²) in [4.78, 5) is 25.1. The van der Waals surface area contributed by atoms with Crippen LogP contribution in [0.2, 0.25) is 0 Å². The summed E-state index contributed by atoms with van der Waals surface area (Å²) in [7, 11) is 0. The third kappa shape index (κ3) is 3.74. The normalized spacial score (nSPS) is 51.8. The summed E-state index contributed by atoms with van der Waals surface area (Å²) in [5.41, 5.74) is -0.383. The Morgan fingerprint density at radius 2 is 1.21 bits per heavy atom. The van der Waals surface area contributed by atoms with E-state index in [0.29, 0.717) is 18.4 Å². The summed E-state index contributed by atoms with van der Waals surface area (Å²) in [5.74, 6) is 9.44. The molecule has 0 spiro atoms. The maximum atomic E-state index is 12.6. The molecule has 4 nitrogen and oxygen atoms in total. The van der Waals surface area contributed by atoms with Gasteiger partial charge in [-0.15, -0.1) is 0 Å². The maximum Gasteiger partial charge on any atom is 0.312 e. The van der Waals surface area contributed by atoms with Gasteiger partial charge in [0.25, 0.3) is 0 Å². The van der Waals surface area contributed by atoms with Gasteiger partial charge in [-0.05, 0) is 144 Å². The predicted octanol–water partition coefficient (Wildman–Crippen LogP) is 7.24. The molecule has 0 aromatic heterocycles. The number of carbonyl (C=O) groups is 2. The van der Waals surface area contributed by atoms with E-state index in [-0.39, 0.29) is 28.9 Å². The predicted molar refractivity (Wildman–Crippen MR) is 151 cm³/mol. The van der Waals surface area contributed by atoms with Gasteiger partial charge in [-0.25, -0.2) is 0 Å². The summed E-state index contributed by atoms with van der Waals surface area (Å²) in [6, 6.07) is 0. The van der Waals surface area contributed by atoms with Crippen LogP contribution in [0.5, 0.6) is 0 Å². The van der Waals surface area contributed by atoms with Crippen LogP contribution in [0.15, 0.2) is 24.3 Å². The number of carbonyl (C=O) groups excluding carboxylic acids is 2. The van der Waals surface area contributed by atoms with Crippen molar-refractivity contribution >= 4 is 11.9 Å². The van der Waals surface area contributed by atoms with Gasteiger partial charge in [-0.2, -0.15) is 0 Å². The van der Waals surface area contributed by atoms with Crippen molar-refractivity contribution in [2.75, 3.05) is 6.61 Å². The molecule has 39 heavy (non-hydrogen) atoms. The number of allylic oxidation sites excluding steroid dienone is 4. The Hall–Kier alpha value is -1.58. The van der Waals surface area contributed by atoms with Crippen LogP contribution in [0.25, 0.3) is 0 Å². The first-order valence-electron chi connectivity index (χ1n) is 16.4. The van der Waals surface area contributed by atoms with Crippen LogP contribution in [0, 0.1) is 81.8 Å². The average Bonchev–Trinajstić information content (AvgIpc) is 3.73. The van der Waals surface area contributed by atoms with E-state index in [2.05, 4.69) is 45.1 Å². The van der Waals surface area contributed by atoms with E-state index in [4.69, 9.17) is 9.47 Å². The second-order valence-electron chi connectivity index (χ2n) is 15.6. The highest BCUT2D eigenvalue weighted by atomic mass is 16.5. The monoisotopic (exact) mass is 534 g/mol. The molecule has 0 aromatic rings. The summed E-state index contributed by atoms with van der Waals surface area (Å²) in [6.45, 7) is 11.0. The van der Waals surface area contributed by atoms with E-state index in [1.54, 1.807) is 0 Å². The van der Waals surface area contributed by atoms with Gasteiger partial charge >= 0.3 is 11.9 Å². The van der Waals surface area contributed by atoms with Crippen molar-refractivity contribution in [1.82, 2.24) is 0 Å². The van der Waals surface area contributed by atoms with Crippen molar-refractivity contribution in [3.63, 3.8) is 0 Å². The molecule has 0 aromatic carbocycles. The van der Waals surface area contributed by atoms with E-state index in [9.17, 15) is 9.59 Å². The molecular formula is C35H50O4. The third-order valence-corrected chi connectivity index (χ3v) is 13.3. The number of esters is 2. The molecule has 0 amide bonds. The minimum Gasteiger partial charge on any atom is -0.465 e. The van der Waals surface area contributed by atoms with Crippen molar-refractivity contribution in [2.24, 2.45) is 81.8 Å². The van der Waals surface area contributed by atoms with E-state index >= 15 is 0 Å². The minimum absolute atomic E-state index is 0.0131. The Bertz CT molecular complexity index is 1070. The van der Waals surface area contributed by atoms with Gasteiger partial charge in [0.05, 0.1) is 23.5 Å². The van der Waals surface area contributed by atoms with Crippen LogP contribution in [0.3, 0.4) is 0 Å². The topological polar surface area (TPSA) is 52.6 Å². The number of fused-ring (bicyclic) bond motifs is 18. The highest BCUT2D eigenvalue weighted by molar-refractivity contribution is 5.78. The Kier molecular flexibility index (Phi) is 6.22. The molecule has 14 unspecified atom stereocenters. The van der Waals surface area contributed by atoms with Crippen LogP contribution < -0.4 is 0 Å². The van der Waals surface area contributed by atoms with E-state index in [0.717, 1.165) is 84.9 Å². The number of rotatable bonds is 6. The first-order valence-corrected chi connectivity index (χ1v) is 16.4. The molecule has 0 aliphatic heterocycles. The molecule has 14 atom stereocenters. The third-order valence-electron chi connectivity index (χ3n) is 13.3. The lowest BCUT2D eigenvalue weighted by molar-refractivity contribution is -0.164. The van der Waals surface area contributed by atoms with Gasteiger partial charge in [-0.3, -0.25) is 9.59 Å². The summed E-state index contributed by atoms with van der Waals surface area (Å²) in [6.07, 6.45) is 19.3. The minimum atomic E-state index is -0.200. The summed E-state index contributed by atoms with van der Waals surface area (Å²) >= 11 is 0. The number of hydrogen-bond donors (Lipinski definition) is 0. The van der Waals surface area contributed by atoms with Gasteiger partial charge in [0.2, 0.25) is 0 Å². The highest BCUT2D eigenvalue weighted by Gasteiger charge is 2.68. The van der Waals surface area contributed by atoms with Crippen LogP contribution >= 0.6 is 0 Å². The molecule has 0 saturated heterocycles. The van der Waals surface area contributed by atoms with E-state index < -0.39 is 0 Å². The Balaban J connectivity index is 0.000000130. The standard InChI is InChI=1S/C18H26O2.C17H24O2/c1-3-4-7-20-17(19)18(2)10-13-9-14(18)16-12-6-5-11(8-12)15(13)16;1-9(2)19-16(18)17(3)8-12-7-13(17)15-11-5-4-10(6-11)14(12)15/h5-6,11-16H,3-4,7-10H2,1-2H3;4-5,9-15H,6-8H2,1-3H3. The average molecular weight is 535 g/mol. The quantitative estimate of drug-likeness (QED) is 0.156. The fourth-order valence-electron chi connectivity index (χ4n) is 12.0. The summed E-state index contributed by atoms with van der Waals surface area (Å²) in [5, 5.41) is 0. The Labute approximate surface area is 235 Å². The molecule has 8 aliphatic rings. The maximum absolute atomic E-state index is 12.6. The molecule has 8 rings (SSSR count). The zero-order chi connectivity index (χ0) is 27.3. The smallest absolute Gasteiger partial charge is 0.312 e. The van der Waals surface area contributed by atoms with Gasteiger partial charge in [0.1, 0.15) is 0 Å². The fraction of sp³-hybridized carbons (Fsp3) is 0.829. The van der Waals surface area contributed by atoms with Crippen LogP contribution in [0.1, 0.15) is 86.0 Å². The second-order valence-corrected chi connectivity index (χ2v) is 15.6. The van der Waals surface area contributed by atoms with Crippen molar-refractivity contribution in [1.29, 1.82) is 0 Å². The molecule has 6 fully saturated rings. The lowest BCUT2D eigenvalue weighted by Gasteiger charge is -2.42. The Morgan fingerprint density at radius 3 is 1.67 bits per heavy atom. The largest absolute Gasteiger partial charge is 0.465 e. The highest BCUT2D eigenvalue weighted by Crippen LogP contribution is 2.71. The van der Waals surface area contributed by atoms with Gasteiger partial charge < -0.3 is 9.47 Å². The molecule has 8 aliphatic carbocycles. The summed E-state index contributed by atoms with van der Waals surface area (Å²) < 4.78 is 11.2. The van der Waals surface area contributed by atoms with E-state index in [1.807, 2.05) is 13.8 Å². The van der Waals surface area contributed by atoms with Gasteiger partial charge in [0.15, 0.2) is 0 Å². The van der Waals surface area contributed by atoms with Crippen molar-refractivity contribution < 1.29 is 19.1 Å². The molecule has 8 bridgehead atoms. The molecule has 0 N–H and O–H groups in total. The van der Waals surface area contributed by atoms with Crippen LogP contribution in [0.4, 0.5) is 0 Å². The lowest BCUT2D eigenvalue weighted by atomic mass is 9.63. The Morgan fingerprint density at radius 1 is 0.744 bits per heavy atom. The van der Waals surface area contributed by atoms with Crippen molar-refractivity contribution in [3.05, 3.63) is 24.3 Å². The molecule has 0 heterocycles. The van der Waals surface area contributed by atoms with Gasteiger partial charge in [-0.1, -0.05) is 37.6 Å². The molecule has 4 heteroatoms. The van der Waals surface area contributed by atoms with Crippen LogP contribution in [-0.4, -0.2) is 24.6 Å². The molecule has 6 saturated carbocycles. The molecular weight excluding hydrogens is 484 g/mol. The number of ether oxygens (including phenoxy) is 2. The van der Waals surface area contributed by atoms with Crippen molar-refractivity contribution in [2.45, 2.75) is 92.1 Å². The first kappa shape index (κ1) is 26.3.